The number of carbonyl (C=O) groups excluding carboxylic acids is 1. The number of hydrogen-bond donors (Lipinski definition) is 0. The van der Waals surface area contributed by atoms with E-state index in [0.29, 0.717) is 31.3 Å². The van der Waals surface area contributed by atoms with E-state index < -0.39 is 17.3 Å². The first kappa shape index (κ1) is 22.9. The van der Waals surface area contributed by atoms with Gasteiger partial charge in [-0.3, -0.25) is 4.79 Å². The third kappa shape index (κ3) is 5.49. The van der Waals surface area contributed by atoms with Crippen LogP contribution in [-0.2, 0) is 32.7 Å². The Morgan fingerprint density at radius 2 is 2.10 bits per heavy atom. The number of ether oxygens (including phenoxy) is 2. The average molecular weight is 472 g/mol. The Hall–Kier alpha value is -0.760. The average Bonchev–Trinajstić information content (AvgIpc) is 3.02. The molecule has 1 aliphatic rings. The second-order valence-corrected chi connectivity index (χ2v) is 14.7. The normalized spacial score (nSPS) is 20.4. The zero-order chi connectivity index (χ0) is 20.8. The Balaban J connectivity index is 1.77. The molecule has 3 rings (SSSR count). The Bertz CT molecular complexity index is 882. The molecule has 1 heterocycles. The maximum atomic E-state index is 13.2. The van der Waals surface area contributed by atoms with Gasteiger partial charge in [0.25, 0.3) is 5.91 Å². The summed E-state index contributed by atoms with van der Waals surface area (Å²) in [7, 11) is 0. The summed E-state index contributed by atoms with van der Waals surface area (Å²) in [5.74, 6) is 0.0587. The van der Waals surface area contributed by atoms with Gasteiger partial charge in [0.2, 0.25) is 0 Å². The largest absolute Gasteiger partial charge is 0.592 e. The predicted molar refractivity (Wildman–Crippen MR) is 128 cm³/mol. The van der Waals surface area contributed by atoms with E-state index >= 15 is 0 Å². The SMILES string of the molecule is CCOCCCS[PH](=S)C1CC(=O)N(c2cc(OCC)c3ccccc3c2)[S+]1[O-]. The molecule has 0 bridgehead atoms. The fourth-order valence-electron chi connectivity index (χ4n) is 3.18. The highest BCUT2D eigenvalue weighted by Crippen LogP contribution is 2.51. The van der Waals surface area contributed by atoms with Crippen LogP contribution < -0.4 is 9.04 Å². The lowest BCUT2D eigenvalue weighted by molar-refractivity contribution is -0.116. The number of rotatable bonds is 10. The van der Waals surface area contributed by atoms with E-state index in [-0.39, 0.29) is 17.3 Å². The summed E-state index contributed by atoms with van der Waals surface area (Å²) in [5.41, 5.74) is 0.615. The summed E-state index contributed by atoms with van der Waals surface area (Å²) in [6.45, 7) is 5.84. The molecule has 1 aliphatic heterocycles. The molecule has 2 aromatic rings. The summed E-state index contributed by atoms with van der Waals surface area (Å²) < 4.78 is 25.7. The van der Waals surface area contributed by atoms with E-state index in [9.17, 15) is 9.35 Å². The van der Waals surface area contributed by atoms with Gasteiger partial charge in [0.15, 0.2) is 4.99 Å². The Morgan fingerprint density at radius 3 is 2.86 bits per heavy atom. The van der Waals surface area contributed by atoms with Gasteiger partial charge in [0.1, 0.15) is 5.75 Å². The van der Waals surface area contributed by atoms with Crippen LogP contribution in [0.15, 0.2) is 36.4 Å². The van der Waals surface area contributed by atoms with Gasteiger partial charge < -0.3 is 14.0 Å². The monoisotopic (exact) mass is 471 g/mol. The summed E-state index contributed by atoms with van der Waals surface area (Å²) in [6.07, 6.45) is 1.17. The predicted octanol–water partition coefficient (Wildman–Crippen LogP) is 4.72. The molecule has 0 aliphatic carbocycles. The molecule has 0 spiro atoms. The molecular formula is C20H26NO4PS3. The fourth-order valence-corrected chi connectivity index (χ4v) is 11.2. The van der Waals surface area contributed by atoms with Crippen molar-refractivity contribution in [3.63, 3.8) is 0 Å². The van der Waals surface area contributed by atoms with Crippen LogP contribution in [0.25, 0.3) is 10.8 Å². The number of amides is 1. The molecule has 1 amide bonds. The molecule has 5 nitrogen and oxygen atoms in total. The van der Waals surface area contributed by atoms with Gasteiger partial charge in [-0.2, -0.15) is 0 Å². The van der Waals surface area contributed by atoms with E-state index in [4.69, 9.17) is 21.3 Å². The van der Waals surface area contributed by atoms with E-state index in [1.807, 2.05) is 50.2 Å². The summed E-state index contributed by atoms with van der Waals surface area (Å²) >= 11 is 5.90. The smallest absolute Gasteiger partial charge is 0.275 e. The van der Waals surface area contributed by atoms with Crippen LogP contribution in [0.3, 0.4) is 0 Å². The molecule has 2 aromatic carbocycles. The molecule has 29 heavy (non-hydrogen) atoms. The molecule has 1 fully saturated rings. The van der Waals surface area contributed by atoms with Crippen molar-refractivity contribution in [1.29, 1.82) is 0 Å². The number of fused-ring (bicyclic) bond motifs is 1. The summed E-state index contributed by atoms with van der Waals surface area (Å²) in [5, 5.41) is 1.93. The van der Waals surface area contributed by atoms with Crippen LogP contribution in [0.2, 0.25) is 0 Å². The van der Waals surface area contributed by atoms with Crippen LogP contribution in [-0.4, -0.2) is 41.0 Å². The number of anilines is 1. The Labute approximate surface area is 185 Å². The number of hydrogen-bond acceptors (Lipinski definition) is 6. The fraction of sp³-hybridized carbons (Fsp3) is 0.450. The minimum Gasteiger partial charge on any atom is -0.592 e. The van der Waals surface area contributed by atoms with Crippen molar-refractivity contribution in [1.82, 2.24) is 0 Å². The molecule has 0 N–H and O–H groups in total. The molecule has 1 saturated heterocycles. The van der Waals surface area contributed by atoms with Crippen molar-refractivity contribution in [2.75, 3.05) is 29.9 Å². The number of carbonyl (C=O) groups is 1. The maximum absolute atomic E-state index is 13.2. The quantitative estimate of drug-likeness (QED) is 0.284. The van der Waals surface area contributed by atoms with Crippen LogP contribution >= 0.6 is 17.3 Å². The van der Waals surface area contributed by atoms with Crippen molar-refractivity contribution < 1.29 is 18.8 Å². The van der Waals surface area contributed by atoms with Gasteiger partial charge in [-0.05, 0) is 31.7 Å². The standard InChI is InChI=1S/C20H26NO4PS3/c1-3-24-10-7-11-28-26(27)20-14-19(22)21(29(20)23)16-12-15-8-5-6-9-17(15)18(13-16)25-4-2/h5-6,8-9,12-13,20,26H,3-4,7,10-11,14H2,1-2H3. The minimum absolute atomic E-state index is 0.131. The second kappa shape index (κ2) is 11.0. The first-order valence-electron chi connectivity index (χ1n) is 9.70. The summed E-state index contributed by atoms with van der Waals surface area (Å²) in [4.78, 5) is 12.5. The highest BCUT2D eigenvalue weighted by molar-refractivity contribution is 8.65. The number of nitrogens with zero attached hydrogens (tertiary/aromatic N) is 1. The first-order valence-corrected chi connectivity index (χ1v) is 15.3. The molecule has 9 heteroatoms. The molecule has 0 saturated carbocycles. The maximum Gasteiger partial charge on any atom is 0.275 e. The zero-order valence-electron chi connectivity index (χ0n) is 16.6. The molecule has 3 atom stereocenters. The summed E-state index contributed by atoms with van der Waals surface area (Å²) in [6, 6.07) is 11.6. The Morgan fingerprint density at radius 1 is 1.31 bits per heavy atom. The van der Waals surface area contributed by atoms with Crippen LogP contribution in [0.4, 0.5) is 5.69 Å². The molecular weight excluding hydrogens is 445 g/mol. The Kier molecular flexibility index (Phi) is 8.71. The van der Waals surface area contributed by atoms with Gasteiger partial charge in [-0.15, -0.1) is 15.7 Å². The van der Waals surface area contributed by atoms with E-state index in [2.05, 4.69) is 0 Å². The lowest BCUT2D eigenvalue weighted by Crippen LogP contribution is -2.31. The van der Waals surface area contributed by atoms with Crippen molar-refractivity contribution in [3.8, 4) is 5.75 Å². The van der Waals surface area contributed by atoms with Gasteiger partial charge >= 0.3 is 0 Å². The third-order valence-electron chi connectivity index (χ3n) is 4.50. The lowest BCUT2D eigenvalue weighted by Gasteiger charge is -2.22. The van der Waals surface area contributed by atoms with Gasteiger partial charge in [0.05, 0.1) is 30.1 Å². The van der Waals surface area contributed by atoms with Crippen LogP contribution in [0.5, 0.6) is 5.75 Å². The van der Waals surface area contributed by atoms with Gasteiger partial charge in [0, 0.05) is 36.3 Å². The highest BCUT2D eigenvalue weighted by atomic mass is 32.9. The molecule has 0 radical (unpaired) electrons. The third-order valence-corrected chi connectivity index (χ3v) is 13.9. The molecule has 3 unspecified atom stereocenters. The van der Waals surface area contributed by atoms with E-state index in [1.165, 1.54) is 4.31 Å². The van der Waals surface area contributed by atoms with E-state index in [1.54, 1.807) is 11.4 Å². The molecule has 158 valence electrons. The lowest BCUT2D eigenvalue weighted by atomic mass is 10.1. The molecule has 0 aromatic heterocycles. The van der Waals surface area contributed by atoms with Crippen molar-refractivity contribution in [2.45, 2.75) is 31.7 Å². The van der Waals surface area contributed by atoms with Crippen molar-refractivity contribution in [2.24, 2.45) is 0 Å². The second-order valence-electron chi connectivity index (χ2n) is 6.47. The topological polar surface area (TPSA) is 61.8 Å². The zero-order valence-corrected chi connectivity index (χ0v) is 20.0. The van der Waals surface area contributed by atoms with E-state index in [0.717, 1.165) is 22.9 Å². The van der Waals surface area contributed by atoms with Gasteiger partial charge in [-0.1, -0.05) is 36.1 Å². The van der Waals surface area contributed by atoms with Crippen molar-refractivity contribution >= 4 is 62.8 Å². The van der Waals surface area contributed by atoms with Gasteiger partial charge in [-0.25, -0.2) is 0 Å². The first-order chi connectivity index (χ1) is 14.1. The van der Waals surface area contributed by atoms with Crippen LogP contribution in [0.1, 0.15) is 26.7 Å². The minimum atomic E-state index is -1.46. The van der Waals surface area contributed by atoms with Crippen LogP contribution in [0, 0.1) is 0 Å². The highest BCUT2D eigenvalue weighted by Gasteiger charge is 2.46. The number of benzene rings is 2. The van der Waals surface area contributed by atoms with Crippen molar-refractivity contribution in [3.05, 3.63) is 36.4 Å².